The van der Waals surface area contributed by atoms with Gasteiger partial charge in [-0.1, -0.05) is 13.3 Å². The molecule has 0 aromatic carbocycles. The highest BCUT2D eigenvalue weighted by molar-refractivity contribution is 5.01. The minimum atomic E-state index is 0.0770. The third kappa shape index (κ3) is 2.70. The van der Waals surface area contributed by atoms with E-state index in [1.54, 1.807) is 0 Å². The Bertz CT molecular complexity index is 321. The monoisotopic (exact) mass is 250 g/mol. The van der Waals surface area contributed by atoms with Gasteiger partial charge in [-0.15, -0.1) is 0 Å². The number of nitriles is 1. The van der Waals surface area contributed by atoms with Crippen molar-refractivity contribution in [2.24, 2.45) is 11.8 Å². The Morgan fingerprint density at radius 2 is 2.17 bits per heavy atom. The molecular weight excluding hydrogens is 224 g/mol. The molecule has 2 fully saturated rings. The van der Waals surface area contributed by atoms with E-state index in [1.165, 1.54) is 19.3 Å². The van der Waals surface area contributed by atoms with Crippen LogP contribution in [0.4, 0.5) is 0 Å². The molecule has 2 aliphatic rings. The first-order valence-corrected chi connectivity index (χ1v) is 7.32. The third-order valence-electron chi connectivity index (χ3n) is 4.78. The Hall–Kier alpha value is -0.590. The Kier molecular flexibility index (Phi) is 4.29. The van der Waals surface area contributed by atoms with Gasteiger partial charge >= 0.3 is 0 Å². The van der Waals surface area contributed by atoms with Crippen LogP contribution in [-0.4, -0.2) is 36.2 Å². The van der Waals surface area contributed by atoms with Gasteiger partial charge in [0, 0.05) is 18.1 Å². The number of hydrogen-bond donors (Lipinski definition) is 0. The zero-order valence-corrected chi connectivity index (χ0v) is 12.0. The second kappa shape index (κ2) is 5.59. The van der Waals surface area contributed by atoms with Crippen LogP contribution in [0.1, 0.15) is 46.5 Å². The molecule has 0 radical (unpaired) electrons. The highest BCUT2D eigenvalue weighted by atomic mass is 16.5. The molecule has 0 aromatic rings. The molecule has 1 saturated carbocycles. The van der Waals surface area contributed by atoms with Gasteiger partial charge in [0.2, 0.25) is 0 Å². The first-order chi connectivity index (χ1) is 8.58. The molecule has 0 N–H and O–H groups in total. The topological polar surface area (TPSA) is 36.3 Å². The highest BCUT2D eigenvalue weighted by Crippen LogP contribution is 2.37. The molecule has 2 rings (SSSR count). The molecule has 0 amide bonds. The van der Waals surface area contributed by atoms with Gasteiger partial charge in [0.15, 0.2) is 0 Å². The van der Waals surface area contributed by atoms with Crippen LogP contribution in [0.25, 0.3) is 0 Å². The fourth-order valence-corrected chi connectivity index (χ4v) is 3.58. The zero-order valence-electron chi connectivity index (χ0n) is 12.0. The summed E-state index contributed by atoms with van der Waals surface area (Å²) in [6, 6.07) is 2.99. The van der Waals surface area contributed by atoms with Gasteiger partial charge in [-0.3, -0.25) is 4.90 Å². The number of morpholine rings is 1. The predicted molar refractivity (Wildman–Crippen MR) is 72.1 cm³/mol. The molecule has 0 aromatic heterocycles. The van der Waals surface area contributed by atoms with Gasteiger partial charge in [-0.25, -0.2) is 0 Å². The van der Waals surface area contributed by atoms with Crippen LogP contribution in [0.15, 0.2) is 0 Å². The summed E-state index contributed by atoms with van der Waals surface area (Å²) in [6.07, 6.45) is 4.75. The Labute approximate surface area is 111 Å². The normalized spacial score (nSPS) is 37.1. The summed E-state index contributed by atoms with van der Waals surface area (Å²) < 4.78 is 5.60. The lowest BCUT2D eigenvalue weighted by molar-refractivity contribution is -0.0889. The van der Waals surface area contributed by atoms with Crippen LogP contribution in [0.3, 0.4) is 0 Å². The van der Waals surface area contributed by atoms with Crippen LogP contribution in [0.5, 0.6) is 0 Å². The first kappa shape index (κ1) is 13.8. The molecule has 3 nitrogen and oxygen atoms in total. The van der Waals surface area contributed by atoms with Crippen molar-refractivity contribution in [3.63, 3.8) is 0 Å². The van der Waals surface area contributed by atoms with Gasteiger partial charge in [-0.05, 0) is 39.0 Å². The quantitative estimate of drug-likeness (QED) is 0.756. The van der Waals surface area contributed by atoms with Gasteiger partial charge in [-0.2, -0.15) is 5.26 Å². The fraction of sp³-hybridized carbons (Fsp3) is 0.933. The first-order valence-electron chi connectivity index (χ1n) is 7.32. The van der Waals surface area contributed by atoms with Crippen LogP contribution in [-0.2, 0) is 4.74 Å². The van der Waals surface area contributed by atoms with Crippen molar-refractivity contribution in [3.05, 3.63) is 0 Å². The van der Waals surface area contributed by atoms with Gasteiger partial charge < -0.3 is 4.74 Å². The second-order valence-corrected chi connectivity index (χ2v) is 6.45. The summed E-state index contributed by atoms with van der Waals surface area (Å²) in [5.41, 5.74) is 0.0770. The average molecular weight is 250 g/mol. The molecule has 1 heterocycles. The summed E-state index contributed by atoms with van der Waals surface area (Å²) in [7, 11) is 0. The molecule has 18 heavy (non-hydrogen) atoms. The molecule has 0 bridgehead atoms. The lowest BCUT2D eigenvalue weighted by Crippen LogP contribution is -2.59. The fourth-order valence-electron chi connectivity index (χ4n) is 3.58. The zero-order chi connectivity index (χ0) is 13.2. The average Bonchev–Trinajstić information content (AvgIpc) is 2.37. The van der Waals surface area contributed by atoms with Gasteiger partial charge in [0.05, 0.1) is 25.2 Å². The predicted octanol–water partition coefficient (Wildman–Crippen LogP) is 2.82. The summed E-state index contributed by atoms with van der Waals surface area (Å²) in [4.78, 5) is 2.55. The number of nitrogens with zero attached hydrogens (tertiary/aromatic N) is 2. The summed E-state index contributed by atoms with van der Waals surface area (Å²) in [5, 5.41) is 9.41. The molecule has 3 unspecified atom stereocenters. The maximum Gasteiger partial charge on any atom is 0.0672 e. The van der Waals surface area contributed by atoms with Crippen molar-refractivity contribution in [2.75, 3.05) is 19.8 Å². The van der Waals surface area contributed by atoms with Crippen molar-refractivity contribution in [1.29, 1.82) is 5.26 Å². The molecule has 1 saturated heterocycles. The van der Waals surface area contributed by atoms with Gasteiger partial charge in [0.1, 0.15) is 0 Å². The van der Waals surface area contributed by atoms with E-state index >= 15 is 0 Å². The van der Waals surface area contributed by atoms with Crippen LogP contribution < -0.4 is 0 Å². The van der Waals surface area contributed by atoms with Gasteiger partial charge in [0.25, 0.3) is 0 Å². The molecule has 0 spiro atoms. The van der Waals surface area contributed by atoms with E-state index < -0.39 is 0 Å². The number of rotatable bonds is 2. The van der Waals surface area contributed by atoms with Crippen LogP contribution in [0.2, 0.25) is 0 Å². The standard InChI is InChI=1S/C15H26N2O/c1-4-12-5-6-13(10-16)14(9-12)17-7-8-18-11-15(17,2)3/h12-14H,4-9,11H2,1-3H3. The van der Waals surface area contributed by atoms with Crippen LogP contribution in [0, 0.1) is 23.2 Å². The number of ether oxygens (including phenoxy) is 1. The Morgan fingerprint density at radius 3 is 2.78 bits per heavy atom. The van der Waals surface area contributed by atoms with Crippen molar-refractivity contribution in [1.82, 2.24) is 4.90 Å². The van der Waals surface area contributed by atoms with E-state index in [1.807, 2.05) is 0 Å². The maximum atomic E-state index is 9.41. The summed E-state index contributed by atoms with van der Waals surface area (Å²) >= 11 is 0. The lowest BCUT2D eigenvalue weighted by atomic mass is 9.76. The lowest BCUT2D eigenvalue weighted by Gasteiger charge is -2.50. The van der Waals surface area contributed by atoms with E-state index in [2.05, 4.69) is 31.7 Å². The minimum Gasteiger partial charge on any atom is -0.378 e. The van der Waals surface area contributed by atoms with Crippen molar-refractivity contribution in [2.45, 2.75) is 58.0 Å². The second-order valence-electron chi connectivity index (χ2n) is 6.45. The van der Waals surface area contributed by atoms with E-state index in [0.29, 0.717) is 6.04 Å². The van der Waals surface area contributed by atoms with Crippen molar-refractivity contribution < 1.29 is 4.74 Å². The molecule has 102 valence electrons. The Morgan fingerprint density at radius 1 is 1.39 bits per heavy atom. The van der Waals surface area contributed by atoms with E-state index in [9.17, 15) is 5.26 Å². The molecule has 3 heteroatoms. The number of hydrogen-bond acceptors (Lipinski definition) is 3. The minimum absolute atomic E-state index is 0.0770. The molecule has 1 aliphatic heterocycles. The highest BCUT2D eigenvalue weighted by Gasteiger charge is 2.41. The van der Waals surface area contributed by atoms with Crippen molar-refractivity contribution >= 4 is 0 Å². The maximum absolute atomic E-state index is 9.41. The molecular formula is C15H26N2O. The molecule has 1 aliphatic carbocycles. The largest absolute Gasteiger partial charge is 0.378 e. The summed E-state index contributed by atoms with van der Waals surface area (Å²) in [5.74, 6) is 1.02. The Balaban J connectivity index is 2.14. The van der Waals surface area contributed by atoms with E-state index in [-0.39, 0.29) is 11.5 Å². The SMILES string of the molecule is CCC1CCC(C#N)C(N2CCOCC2(C)C)C1. The molecule has 3 atom stereocenters. The van der Waals surface area contributed by atoms with E-state index in [0.717, 1.165) is 32.1 Å². The van der Waals surface area contributed by atoms with Crippen LogP contribution >= 0.6 is 0 Å². The van der Waals surface area contributed by atoms with Crippen molar-refractivity contribution in [3.8, 4) is 6.07 Å². The summed E-state index contributed by atoms with van der Waals surface area (Å²) in [6.45, 7) is 9.35. The third-order valence-corrected chi connectivity index (χ3v) is 4.78. The van der Waals surface area contributed by atoms with E-state index in [4.69, 9.17) is 4.74 Å². The smallest absolute Gasteiger partial charge is 0.0672 e.